The van der Waals surface area contributed by atoms with Crippen molar-refractivity contribution in [1.29, 1.82) is 0 Å². The molecule has 1 unspecified atom stereocenters. The van der Waals surface area contributed by atoms with Crippen LogP contribution in [0, 0.1) is 10.2 Å². The highest BCUT2D eigenvalue weighted by Gasteiger charge is 1.97. The van der Waals surface area contributed by atoms with Crippen LogP contribution in [0.4, 0.5) is 0 Å². The van der Waals surface area contributed by atoms with Crippen molar-refractivity contribution in [3.8, 4) is 0 Å². The van der Waals surface area contributed by atoms with Gasteiger partial charge in [-0.2, -0.15) is 0 Å². The average molecular weight is 222 g/mol. The molecule has 0 heterocycles. The molecule has 0 spiro atoms. The molecule has 14 heavy (non-hydrogen) atoms. The van der Waals surface area contributed by atoms with E-state index in [2.05, 4.69) is 24.8 Å². The zero-order valence-corrected chi connectivity index (χ0v) is 8.44. The van der Waals surface area contributed by atoms with Crippen LogP contribution in [0.25, 0.3) is 0 Å². The van der Waals surface area contributed by atoms with Crippen molar-refractivity contribution in [2.45, 2.75) is 13.0 Å². The van der Waals surface area contributed by atoms with Gasteiger partial charge in [0.1, 0.15) is 6.04 Å². The van der Waals surface area contributed by atoms with Gasteiger partial charge in [0.05, 0.1) is 0 Å². The van der Waals surface area contributed by atoms with E-state index in [0.29, 0.717) is 6.04 Å². The lowest BCUT2D eigenvalue weighted by Crippen LogP contribution is -2.68. The molecule has 6 heteroatoms. The largest absolute Gasteiger partial charge is 0.352 e. The molecule has 0 radical (unpaired) electrons. The Morgan fingerprint density at radius 2 is 1.43 bits per heavy atom. The van der Waals surface area contributed by atoms with E-state index in [1.54, 1.807) is 0 Å². The smallest absolute Gasteiger partial charge is 0.107 e. The Morgan fingerprint density at radius 3 is 1.64 bits per heavy atom. The Hall–Kier alpha value is -0.690. The molecular weight excluding hydrogens is 210 g/mol. The van der Waals surface area contributed by atoms with E-state index >= 15 is 0 Å². The molecule has 0 bridgehead atoms. The normalized spacial score (nSPS) is 12.7. The second-order valence-electron chi connectivity index (χ2n) is 2.69. The molecule has 1 rings (SSSR count). The van der Waals surface area contributed by atoms with E-state index in [4.69, 9.17) is 18.6 Å². The molecular formula is C8H12ClNO4. The maximum atomic E-state index is 8.49. The molecule has 0 aliphatic rings. The van der Waals surface area contributed by atoms with Crippen molar-refractivity contribution >= 4 is 0 Å². The molecule has 1 atom stereocenters. The van der Waals surface area contributed by atoms with Crippen LogP contribution in [-0.2, 0) is 0 Å². The van der Waals surface area contributed by atoms with Crippen LogP contribution >= 0.6 is 0 Å². The number of halogens is 1. The Bertz CT molecular complexity index is 241. The molecule has 5 nitrogen and oxygen atoms in total. The summed E-state index contributed by atoms with van der Waals surface area (Å²) >= 11 is 0. The summed E-state index contributed by atoms with van der Waals surface area (Å²) in [6.45, 7) is 2.09. The molecule has 0 saturated heterocycles. The van der Waals surface area contributed by atoms with Crippen LogP contribution in [0.1, 0.15) is 18.5 Å². The summed E-state index contributed by atoms with van der Waals surface area (Å²) in [5.41, 5.74) is 5.21. The third kappa shape index (κ3) is 9.40. The summed E-state index contributed by atoms with van der Waals surface area (Å²) in [6, 6.07) is 10.7. The Kier molecular flexibility index (Phi) is 5.63. The molecule has 1 aromatic carbocycles. The highest BCUT2D eigenvalue weighted by Crippen LogP contribution is 2.04. The second kappa shape index (κ2) is 5.92. The highest BCUT2D eigenvalue weighted by atomic mass is 35.7. The van der Waals surface area contributed by atoms with Gasteiger partial charge in [0.2, 0.25) is 0 Å². The molecule has 3 N–H and O–H groups in total. The standard InChI is InChI=1S/C8H11N.ClHO4/c1-7(9)8-5-3-2-4-6-8;2-1(3,4)5/h2-7H,9H2,1H3;(H,2,3,4,5). The van der Waals surface area contributed by atoms with Gasteiger partial charge in [-0.25, -0.2) is 18.6 Å². The van der Waals surface area contributed by atoms with Gasteiger partial charge in [-0.15, -0.1) is 10.2 Å². The average Bonchev–Trinajstić information content (AvgIpc) is 2.03. The Balaban J connectivity index is 0.000000292. The maximum Gasteiger partial charge on any atom is 0.107 e. The van der Waals surface area contributed by atoms with E-state index < -0.39 is 10.2 Å². The van der Waals surface area contributed by atoms with Gasteiger partial charge in [0.15, 0.2) is 0 Å². The fraction of sp³-hybridized carbons (Fsp3) is 0.250. The third-order valence-corrected chi connectivity index (χ3v) is 1.37. The molecule has 0 amide bonds. The van der Waals surface area contributed by atoms with Gasteiger partial charge in [-0.1, -0.05) is 30.3 Å². The number of rotatable bonds is 1. The zero-order valence-electron chi connectivity index (χ0n) is 7.68. The van der Waals surface area contributed by atoms with Gasteiger partial charge in [-0.3, -0.25) is 0 Å². The minimum atomic E-state index is -4.94. The maximum absolute atomic E-state index is 8.49. The van der Waals surface area contributed by atoms with E-state index in [0.717, 1.165) is 0 Å². The van der Waals surface area contributed by atoms with Crippen LogP contribution < -0.4 is 24.4 Å². The Labute approximate surface area is 84.1 Å². The zero-order chi connectivity index (χ0) is 11.2. The predicted octanol–water partition coefficient (Wildman–Crippen LogP) is -3.77. The minimum Gasteiger partial charge on any atom is -0.352 e. The van der Waals surface area contributed by atoms with E-state index in [-0.39, 0.29) is 0 Å². The Morgan fingerprint density at radius 1 is 1.07 bits per heavy atom. The van der Waals surface area contributed by atoms with Crippen molar-refractivity contribution in [2.75, 3.05) is 0 Å². The highest BCUT2D eigenvalue weighted by molar-refractivity contribution is 5.15. The van der Waals surface area contributed by atoms with Crippen LogP contribution in [0.2, 0.25) is 0 Å². The van der Waals surface area contributed by atoms with Crippen molar-refractivity contribution in [1.82, 2.24) is 0 Å². The van der Waals surface area contributed by atoms with E-state index in [9.17, 15) is 0 Å². The van der Waals surface area contributed by atoms with Gasteiger partial charge in [0.25, 0.3) is 0 Å². The van der Waals surface area contributed by atoms with Crippen LogP contribution in [0.3, 0.4) is 0 Å². The minimum absolute atomic E-state index is 0.409. The van der Waals surface area contributed by atoms with Crippen LogP contribution in [0.5, 0.6) is 0 Å². The third-order valence-electron chi connectivity index (χ3n) is 1.37. The second-order valence-corrected chi connectivity index (χ2v) is 3.45. The first-order chi connectivity index (χ1) is 6.30. The van der Waals surface area contributed by atoms with Gasteiger partial charge in [0, 0.05) is 5.56 Å². The van der Waals surface area contributed by atoms with Crippen molar-refractivity contribution in [2.24, 2.45) is 0 Å². The first kappa shape index (κ1) is 13.3. The summed E-state index contributed by atoms with van der Waals surface area (Å²) < 4.78 is 34.0. The van der Waals surface area contributed by atoms with Crippen LogP contribution in [-0.4, -0.2) is 0 Å². The molecule has 0 saturated carbocycles. The monoisotopic (exact) mass is 221 g/mol. The fourth-order valence-electron chi connectivity index (χ4n) is 0.782. The lowest BCUT2D eigenvalue weighted by molar-refractivity contribution is -2.00. The molecule has 80 valence electrons. The summed E-state index contributed by atoms with van der Waals surface area (Å²) in [7, 11) is -4.94. The lowest BCUT2D eigenvalue weighted by Gasteiger charge is -2.17. The van der Waals surface area contributed by atoms with Crippen molar-refractivity contribution < 1.29 is 34.6 Å². The lowest BCUT2D eigenvalue weighted by atomic mass is 10.1. The number of quaternary nitrogens is 1. The van der Waals surface area contributed by atoms with E-state index in [1.807, 2.05) is 18.2 Å². The van der Waals surface area contributed by atoms with E-state index in [1.165, 1.54) is 5.56 Å². The topological polar surface area (TPSA) is 120 Å². The quantitative estimate of drug-likeness (QED) is 0.523. The summed E-state index contributed by atoms with van der Waals surface area (Å²) in [6.07, 6.45) is 0. The van der Waals surface area contributed by atoms with Gasteiger partial charge in [-0.05, 0) is 6.92 Å². The first-order valence-corrected chi connectivity index (χ1v) is 5.04. The number of benzene rings is 1. The number of hydrogen-bond donors (Lipinski definition) is 1. The SMILES string of the molecule is CC([NH3+])c1ccccc1.[O-][Cl+3]([O-])([O-])[O-]. The summed E-state index contributed by atoms with van der Waals surface area (Å²) in [5, 5.41) is 0. The molecule has 0 aromatic heterocycles. The van der Waals surface area contributed by atoms with Crippen molar-refractivity contribution in [3.05, 3.63) is 35.9 Å². The van der Waals surface area contributed by atoms with Crippen LogP contribution in [0.15, 0.2) is 30.3 Å². The number of hydrogen-bond acceptors (Lipinski definition) is 4. The molecule has 0 fully saturated rings. The molecule has 1 aromatic rings. The summed E-state index contributed by atoms with van der Waals surface area (Å²) in [5.74, 6) is 0. The predicted molar refractivity (Wildman–Crippen MR) is 37.7 cm³/mol. The molecule has 0 aliphatic carbocycles. The van der Waals surface area contributed by atoms with Gasteiger partial charge >= 0.3 is 0 Å². The fourth-order valence-corrected chi connectivity index (χ4v) is 0.782. The van der Waals surface area contributed by atoms with Crippen molar-refractivity contribution in [3.63, 3.8) is 0 Å². The molecule has 0 aliphatic heterocycles. The first-order valence-electron chi connectivity index (χ1n) is 3.80. The van der Waals surface area contributed by atoms with Gasteiger partial charge < -0.3 is 5.73 Å². The summed E-state index contributed by atoms with van der Waals surface area (Å²) in [4.78, 5) is 0.